The monoisotopic (exact) mass is 245 g/mol. The summed E-state index contributed by atoms with van der Waals surface area (Å²) < 4.78 is 0. The Balaban J connectivity index is 2.48. The number of primary amides is 2. The lowest BCUT2D eigenvalue weighted by Crippen LogP contribution is -2.36. The third-order valence-corrected chi connectivity index (χ3v) is 3.76. The molecular weight excluding hydrogens is 226 g/mol. The van der Waals surface area contributed by atoms with E-state index < -0.39 is 23.7 Å². The van der Waals surface area contributed by atoms with Gasteiger partial charge in [0.25, 0.3) is 0 Å². The van der Waals surface area contributed by atoms with Gasteiger partial charge in [0.15, 0.2) is 0 Å². The van der Waals surface area contributed by atoms with Gasteiger partial charge in [-0.25, -0.2) is 0 Å². The lowest BCUT2D eigenvalue weighted by atomic mass is 9.95. The van der Waals surface area contributed by atoms with Crippen LogP contribution in [-0.2, 0) is 9.59 Å². The summed E-state index contributed by atoms with van der Waals surface area (Å²) in [7, 11) is 0. The number of thioether (sulfide) groups is 1. The van der Waals surface area contributed by atoms with E-state index in [0.717, 1.165) is 18.1 Å². The van der Waals surface area contributed by atoms with Crippen molar-refractivity contribution in [1.29, 1.82) is 0 Å². The summed E-state index contributed by atoms with van der Waals surface area (Å²) in [6.45, 7) is 4.11. The van der Waals surface area contributed by atoms with Crippen LogP contribution in [0.3, 0.4) is 0 Å². The quantitative estimate of drug-likeness (QED) is 0.603. The summed E-state index contributed by atoms with van der Waals surface area (Å²) in [5.41, 5.74) is 10.5. The van der Waals surface area contributed by atoms with Gasteiger partial charge < -0.3 is 16.4 Å². The smallest absolute Gasteiger partial charge is 0.222 e. The summed E-state index contributed by atoms with van der Waals surface area (Å²) in [5.74, 6) is 0.414. The molecule has 16 heavy (non-hydrogen) atoms. The van der Waals surface area contributed by atoms with Crippen LogP contribution in [0, 0.1) is 11.8 Å². The molecule has 2 atom stereocenters. The molecule has 0 aromatic rings. The molecule has 1 aliphatic rings. The maximum atomic E-state index is 11.2. The highest BCUT2D eigenvalue weighted by molar-refractivity contribution is 7.99. The molecule has 0 bridgehead atoms. The van der Waals surface area contributed by atoms with Crippen molar-refractivity contribution in [3.05, 3.63) is 0 Å². The maximum absolute atomic E-state index is 11.2. The lowest BCUT2D eigenvalue weighted by Gasteiger charge is -2.14. The number of carbonyl (C=O) groups excluding carboxylic acids is 2. The van der Waals surface area contributed by atoms with Crippen molar-refractivity contribution < 1.29 is 9.59 Å². The average Bonchev–Trinajstić information content (AvgIpc) is 2.62. The van der Waals surface area contributed by atoms with Crippen molar-refractivity contribution in [2.75, 3.05) is 31.1 Å². The summed E-state index contributed by atoms with van der Waals surface area (Å²) in [4.78, 5) is 24.4. The third kappa shape index (κ3) is 3.38. The SMILES string of the molecule is CCSCCN1CC(C(N)=O)C(C(N)=O)C1. The first-order valence-electron chi connectivity index (χ1n) is 5.45. The second-order valence-corrected chi connectivity index (χ2v) is 5.37. The molecule has 5 nitrogen and oxygen atoms in total. The van der Waals surface area contributed by atoms with E-state index in [0.29, 0.717) is 13.1 Å². The number of rotatable bonds is 6. The van der Waals surface area contributed by atoms with Gasteiger partial charge in [0.05, 0.1) is 11.8 Å². The molecule has 1 fully saturated rings. The van der Waals surface area contributed by atoms with Gasteiger partial charge in [0.2, 0.25) is 11.8 Å². The fourth-order valence-electron chi connectivity index (χ4n) is 1.98. The number of nitrogens with two attached hydrogens (primary N) is 2. The molecule has 4 N–H and O–H groups in total. The van der Waals surface area contributed by atoms with Crippen LogP contribution in [-0.4, -0.2) is 47.9 Å². The molecule has 0 spiro atoms. The fraction of sp³-hybridized carbons (Fsp3) is 0.800. The van der Waals surface area contributed by atoms with Crippen molar-refractivity contribution in [3.8, 4) is 0 Å². The number of hydrogen-bond donors (Lipinski definition) is 2. The zero-order valence-electron chi connectivity index (χ0n) is 9.52. The lowest BCUT2D eigenvalue weighted by molar-refractivity contribution is -0.129. The topological polar surface area (TPSA) is 89.4 Å². The Morgan fingerprint density at radius 1 is 1.25 bits per heavy atom. The predicted molar refractivity (Wildman–Crippen MR) is 64.8 cm³/mol. The van der Waals surface area contributed by atoms with Gasteiger partial charge in [0.1, 0.15) is 0 Å². The first kappa shape index (κ1) is 13.3. The maximum Gasteiger partial charge on any atom is 0.222 e. The van der Waals surface area contributed by atoms with E-state index in [9.17, 15) is 9.59 Å². The minimum Gasteiger partial charge on any atom is -0.369 e. The number of nitrogens with zero attached hydrogens (tertiary/aromatic N) is 1. The summed E-state index contributed by atoms with van der Waals surface area (Å²) >= 11 is 1.84. The summed E-state index contributed by atoms with van der Waals surface area (Å²) in [5, 5.41) is 0. The molecule has 2 unspecified atom stereocenters. The van der Waals surface area contributed by atoms with E-state index in [-0.39, 0.29) is 0 Å². The van der Waals surface area contributed by atoms with Gasteiger partial charge >= 0.3 is 0 Å². The minimum atomic E-state index is -0.422. The van der Waals surface area contributed by atoms with Crippen LogP contribution < -0.4 is 11.5 Å². The Hall–Kier alpha value is -0.750. The van der Waals surface area contributed by atoms with Crippen molar-refractivity contribution in [2.24, 2.45) is 23.3 Å². The molecule has 1 aliphatic heterocycles. The Morgan fingerprint density at radius 3 is 2.12 bits per heavy atom. The van der Waals surface area contributed by atoms with Crippen LogP contribution in [0.4, 0.5) is 0 Å². The van der Waals surface area contributed by atoms with Crippen molar-refractivity contribution >= 4 is 23.6 Å². The summed E-state index contributed by atoms with van der Waals surface area (Å²) in [6, 6.07) is 0. The molecule has 2 amide bonds. The Labute approximate surface area is 99.9 Å². The zero-order valence-corrected chi connectivity index (χ0v) is 10.3. The number of hydrogen-bond acceptors (Lipinski definition) is 4. The third-order valence-electron chi connectivity index (χ3n) is 2.88. The van der Waals surface area contributed by atoms with E-state index in [1.165, 1.54) is 0 Å². The second kappa shape index (κ2) is 6.10. The van der Waals surface area contributed by atoms with E-state index in [1.54, 1.807) is 0 Å². The van der Waals surface area contributed by atoms with Gasteiger partial charge in [-0.2, -0.15) is 11.8 Å². The van der Waals surface area contributed by atoms with Gasteiger partial charge in [-0.15, -0.1) is 0 Å². The van der Waals surface area contributed by atoms with Crippen LogP contribution in [0.25, 0.3) is 0 Å². The molecule has 1 rings (SSSR count). The first-order chi connectivity index (χ1) is 7.56. The number of carbonyl (C=O) groups is 2. The van der Waals surface area contributed by atoms with Gasteiger partial charge in [-0.3, -0.25) is 9.59 Å². The number of amides is 2. The van der Waals surface area contributed by atoms with Crippen LogP contribution >= 0.6 is 11.8 Å². The fourth-order valence-corrected chi connectivity index (χ4v) is 2.66. The molecule has 0 aliphatic carbocycles. The first-order valence-corrected chi connectivity index (χ1v) is 6.60. The number of likely N-dealkylation sites (tertiary alicyclic amines) is 1. The van der Waals surface area contributed by atoms with Crippen molar-refractivity contribution in [2.45, 2.75) is 6.92 Å². The summed E-state index contributed by atoms with van der Waals surface area (Å²) in [6.07, 6.45) is 0. The molecule has 0 radical (unpaired) electrons. The molecule has 92 valence electrons. The van der Waals surface area contributed by atoms with Crippen molar-refractivity contribution in [3.63, 3.8) is 0 Å². The molecular formula is C10H19N3O2S. The molecule has 0 saturated carbocycles. The predicted octanol–water partition coefficient (Wildman–Crippen LogP) is -0.742. The highest BCUT2D eigenvalue weighted by Crippen LogP contribution is 2.23. The molecule has 6 heteroatoms. The van der Waals surface area contributed by atoms with Crippen molar-refractivity contribution in [1.82, 2.24) is 4.90 Å². The van der Waals surface area contributed by atoms with Gasteiger partial charge in [-0.05, 0) is 5.75 Å². The average molecular weight is 245 g/mol. The zero-order chi connectivity index (χ0) is 12.1. The normalized spacial score (nSPS) is 25.8. The van der Waals surface area contributed by atoms with Gasteiger partial charge in [-0.1, -0.05) is 6.92 Å². The van der Waals surface area contributed by atoms with E-state index in [2.05, 4.69) is 11.8 Å². The highest BCUT2D eigenvalue weighted by Gasteiger charge is 2.39. The molecule has 1 saturated heterocycles. The minimum absolute atomic E-state index is 0.413. The highest BCUT2D eigenvalue weighted by atomic mass is 32.2. The van der Waals surface area contributed by atoms with Crippen LogP contribution in [0.1, 0.15) is 6.92 Å². The Morgan fingerprint density at radius 2 is 1.75 bits per heavy atom. The molecule has 0 aromatic heterocycles. The Kier molecular flexibility index (Phi) is 5.08. The van der Waals surface area contributed by atoms with Gasteiger partial charge in [0, 0.05) is 25.4 Å². The standard InChI is InChI=1S/C10H19N3O2S/c1-2-16-4-3-13-5-7(9(11)14)8(6-13)10(12)15/h7-8H,2-6H2,1H3,(H2,11,14)(H2,12,15). The van der Waals surface area contributed by atoms with Crippen LogP contribution in [0.5, 0.6) is 0 Å². The van der Waals surface area contributed by atoms with E-state index >= 15 is 0 Å². The molecule has 0 aromatic carbocycles. The largest absolute Gasteiger partial charge is 0.369 e. The molecule has 1 heterocycles. The second-order valence-electron chi connectivity index (χ2n) is 3.97. The van der Waals surface area contributed by atoms with Crippen LogP contribution in [0.2, 0.25) is 0 Å². The van der Waals surface area contributed by atoms with Crippen LogP contribution in [0.15, 0.2) is 0 Å². The van der Waals surface area contributed by atoms with E-state index in [4.69, 9.17) is 11.5 Å². The Bertz CT molecular complexity index is 251. The van der Waals surface area contributed by atoms with E-state index in [1.807, 2.05) is 11.8 Å².